The third-order valence-corrected chi connectivity index (χ3v) is 3.55. The van der Waals surface area contributed by atoms with Gasteiger partial charge >= 0.3 is 5.00 Å². The Labute approximate surface area is 79.5 Å². The van der Waals surface area contributed by atoms with E-state index >= 15 is 0 Å². The van der Waals surface area contributed by atoms with Crippen molar-refractivity contribution in [2.45, 2.75) is 12.3 Å². The summed E-state index contributed by atoms with van der Waals surface area (Å²) in [6.07, 6.45) is 1.09. The van der Waals surface area contributed by atoms with E-state index in [1.807, 2.05) is 6.07 Å². The van der Waals surface area contributed by atoms with Crippen molar-refractivity contribution in [3.8, 4) is 0 Å². The van der Waals surface area contributed by atoms with Crippen molar-refractivity contribution in [2.24, 2.45) is 11.7 Å². The van der Waals surface area contributed by atoms with Gasteiger partial charge in [0.25, 0.3) is 0 Å². The normalized spacial score (nSPS) is 25.9. The number of nitrogens with zero attached hydrogens (tertiary/aromatic N) is 1. The third kappa shape index (κ3) is 1.57. The summed E-state index contributed by atoms with van der Waals surface area (Å²) >= 11 is 1.28. The molecule has 2 rings (SSSR count). The molecule has 0 radical (unpaired) electrons. The number of nitrogens with two attached hydrogens (primary N) is 1. The molecule has 0 aromatic carbocycles. The van der Waals surface area contributed by atoms with E-state index in [4.69, 9.17) is 5.73 Å². The van der Waals surface area contributed by atoms with Crippen LogP contribution in [0, 0.1) is 16.0 Å². The molecule has 0 amide bonds. The smallest absolute Gasteiger partial charge is 0.324 e. The fraction of sp³-hybridized carbons (Fsp3) is 0.500. The first-order chi connectivity index (χ1) is 6.22. The molecule has 1 aromatic rings. The molecule has 1 aliphatic rings. The molecule has 2 N–H and O–H groups in total. The Hall–Kier alpha value is -0.940. The first-order valence-electron chi connectivity index (χ1n) is 4.16. The summed E-state index contributed by atoms with van der Waals surface area (Å²) in [4.78, 5) is 11.2. The number of hydrogen-bond donors (Lipinski definition) is 1. The summed E-state index contributed by atoms with van der Waals surface area (Å²) < 4.78 is 0. The van der Waals surface area contributed by atoms with Crippen LogP contribution in [-0.2, 0) is 0 Å². The maximum Gasteiger partial charge on any atom is 0.324 e. The molecule has 1 aliphatic carbocycles. The molecule has 1 heterocycles. The van der Waals surface area contributed by atoms with Crippen molar-refractivity contribution in [1.82, 2.24) is 0 Å². The number of hydrogen-bond acceptors (Lipinski definition) is 4. The molecule has 0 spiro atoms. The number of thiophene rings is 1. The highest BCUT2D eigenvalue weighted by atomic mass is 32.1. The molecule has 2 atom stereocenters. The van der Waals surface area contributed by atoms with Gasteiger partial charge in [0.1, 0.15) is 0 Å². The summed E-state index contributed by atoms with van der Waals surface area (Å²) in [7, 11) is 0. The second-order valence-corrected chi connectivity index (χ2v) is 4.36. The molecular formula is C8H10N2O2S. The lowest BCUT2D eigenvalue weighted by atomic mass is 10.3. The van der Waals surface area contributed by atoms with Crippen LogP contribution in [0.3, 0.4) is 0 Å². The van der Waals surface area contributed by atoms with Crippen LogP contribution in [0.2, 0.25) is 0 Å². The molecule has 13 heavy (non-hydrogen) atoms. The second-order valence-electron chi connectivity index (χ2n) is 3.27. The Morgan fingerprint density at radius 1 is 1.69 bits per heavy atom. The summed E-state index contributed by atoms with van der Waals surface area (Å²) in [5.41, 5.74) is 5.50. The molecule has 2 unspecified atom stereocenters. The summed E-state index contributed by atoms with van der Waals surface area (Å²) in [5, 5.41) is 10.6. The molecule has 70 valence electrons. The Bertz CT molecular complexity index is 337. The van der Waals surface area contributed by atoms with Gasteiger partial charge in [-0.15, -0.1) is 0 Å². The Kier molecular flexibility index (Phi) is 2.05. The Morgan fingerprint density at radius 2 is 2.46 bits per heavy atom. The molecule has 0 aliphatic heterocycles. The zero-order valence-electron chi connectivity index (χ0n) is 6.97. The quantitative estimate of drug-likeness (QED) is 0.593. The van der Waals surface area contributed by atoms with Crippen LogP contribution >= 0.6 is 11.3 Å². The fourth-order valence-corrected chi connectivity index (χ4v) is 2.52. The second kappa shape index (κ2) is 3.08. The van der Waals surface area contributed by atoms with Crippen LogP contribution in [0.5, 0.6) is 0 Å². The van der Waals surface area contributed by atoms with E-state index in [1.54, 1.807) is 6.07 Å². The minimum Gasteiger partial charge on any atom is -0.330 e. The van der Waals surface area contributed by atoms with E-state index in [0.29, 0.717) is 18.4 Å². The highest BCUT2D eigenvalue weighted by Crippen LogP contribution is 2.49. The zero-order valence-corrected chi connectivity index (χ0v) is 7.79. The fourth-order valence-electron chi connectivity index (χ4n) is 1.50. The highest BCUT2D eigenvalue weighted by molar-refractivity contribution is 7.15. The molecule has 4 nitrogen and oxygen atoms in total. The average molecular weight is 198 g/mol. The van der Waals surface area contributed by atoms with Crippen molar-refractivity contribution in [1.29, 1.82) is 0 Å². The standard InChI is InChI=1S/C8H10N2O2S/c9-4-5-3-6(5)7-1-2-8(13-7)10(11)12/h1-2,5-6H,3-4,9H2. The lowest BCUT2D eigenvalue weighted by molar-refractivity contribution is -0.380. The average Bonchev–Trinajstić information content (AvgIpc) is 2.73. The lowest BCUT2D eigenvalue weighted by Gasteiger charge is -1.90. The van der Waals surface area contributed by atoms with Gasteiger partial charge < -0.3 is 5.73 Å². The minimum absolute atomic E-state index is 0.234. The van der Waals surface area contributed by atoms with Gasteiger partial charge in [-0.25, -0.2) is 0 Å². The van der Waals surface area contributed by atoms with Gasteiger partial charge in [-0.2, -0.15) is 0 Å². The maximum atomic E-state index is 10.4. The third-order valence-electron chi connectivity index (χ3n) is 2.38. The molecule has 1 saturated carbocycles. The van der Waals surface area contributed by atoms with Crippen LogP contribution in [0.25, 0.3) is 0 Å². The summed E-state index contributed by atoms with van der Waals surface area (Å²) in [5.74, 6) is 1.04. The van der Waals surface area contributed by atoms with Crippen LogP contribution in [0.4, 0.5) is 5.00 Å². The van der Waals surface area contributed by atoms with Gasteiger partial charge in [0.05, 0.1) is 4.92 Å². The van der Waals surface area contributed by atoms with Crippen LogP contribution in [-0.4, -0.2) is 11.5 Å². The first-order valence-corrected chi connectivity index (χ1v) is 4.98. The Morgan fingerprint density at radius 3 is 2.92 bits per heavy atom. The van der Waals surface area contributed by atoms with E-state index < -0.39 is 0 Å². The van der Waals surface area contributed by atoms with Crippen LogP contribution < -0.4 is 5.73 Å². The van der Waals surface area contributed by atoms with Gasteiger partial charge in [-0.3, -0.25) is 10.1 Å². The predicted octanol–water partition coefficient (Wildman–Crippen LogP) is 1.72. The van der Waals surface area contributed by atoms with E-state index in [1.165, 1.54) is 11.3 Å². The summed E-state index contributed by atoms with van der Waals surface area (Å²) in [6.45, 7) is 0.691. The minimum atomic E-state index is -0.339. The van der Waals surface area contributed by atoms with Crippen LogP contribution in [0.1, 0.15) is 17.2 Å². The van der Waals surface area contributed by atoms with Gasteiger partial charge in [0.2, 0.25) is 0 Å². The van der Waals surface area contributed by atoms with Crippen molar-refractivity contribution in [3.05, 3.63) is 27.1 Å². The molecule has 5 heteroatoms. The van der Waals surface area contributed by atoms with Crippen LogP contribution in [0.15, 0.2) is 12.1 Å². The van der Waals surface area contributed by atoms with Gasteiger partial charge in [-0.05, 0) is 30.9 Å². The van der Waals surface area contributed by atoms with Crippen molar-refractivity contribution < 1.29 is 4.92 Å². The predicted molar refractivity (Wildman–Crippen MR) is 50.9 cm³/mol. The van der Waals surface area contributed by atoms with Crippen molar-refractivity contribution in [2.75, 3.05) is 6.54 Å². The zero-order chi connectivity index (χ0) is 9.42. The lowest BCUT2D eigenvalue weighted by Crippen LogP contribution is -2.01. The molecule has 1 aromatic heterocycles. The maximum absolute atomic E-state index is 10.4. The molecular weight excluding hydrogens is 188 g/mol. The monoisotopic (exact) mass is 198 g/mol. The van der Waals surface area contributed by atoms with Gasteiger partial charge in [-0.1, -0.05) is 11.3 Å². The van der Waals surface area contributed by atoms with E-state index in [2.05, 4.69) is 0 Å². The Balaban J connectivity index is 2.11. The first kappa shape index (κ1) is 8.65. The number of rotatable bonds is 3. The molecule has 0 bridgehead atoms. The summed E-state index contributed by atoms with van der Waals surface area (Å²) in [6, 6.07) is 3.43. The van der Waals surface area contributed by atoms with E-state index in [9.17, 15) is 10.1 Å². The topological polar surface area (TPSA) is 69.2 Å². The molecule has 1 fully saturated rings. The van der Waals surface area contributed by atoms with E-state index in [-0.39, 0.29) is 9.92 Å². The van der Waals surface area contributed by atoms with Gasteiger partial charge in [0, 0.05) is 10.9 Å². The van der Waals surface area contributed by atoms with Crippen molar-refractivity contribution in [3.63, 3.8) is 0 Å². The SMILES string of the molecule is NCC1CC1c1ccc([N+](=O)[O-])s1. The van der Waals surface area contributed by atoms with E-state index in [0.717, 1.165) is 11.3 Å². The highest BCUT2D eigenvalue weighted by Gasteiger charge is 2.38. The molecule has 0 saturated heterocycles. The van der Waals surface area contributed by atoms with Crippen molar-refractivity contribution >= 4 is 16.3 Å². The van der Waals surface area contributed by atoms with Gasteiger partial charge in [0.15, 0.2) is 0 Å². The largest absolute Gasteiger partial charge is 0.330 e. The number of nitro groups is 1.